The molecule has 2 N–H and O–H groups in total. The van der Waals surface area contributed by atoms with Crippen LogP contribution in [-0.4, -0.2) is 40.0 Å². The van der Waals surface area contributed by atoms with E-state index in [-0.39, 0.29) is 12.6 Å². The van der Waals surface area contributed by atoms with Gasteiger partial charge in [0.1, 0.15) is 0 Å². The summed E-state index contributed by atoms with van der Waals surface area (Å²) >= 11 is 1.68. The highest BCUT2D eigenvalue weighted by atomic mass is 32.1. The summed E-state index contributed by atoms with van der Waals surface area (Å²) in [6, 6.07) is 11.8. The van der Waals surface area contributed by atoms with Crippen LogP contribution in [0.5, 0.6) is 0 Å². The number of pyridine rings is 1. The van der Waals surface area contributed by atoms with E-state index in [2.05, 4.69) is 32.5 Å². The standard InChI is InChI=1S/C24H22N6O2S/c1-30(2)24-28-19(27-23(25)29-24)13-32-22(31)20-16-7-3-4-8-18(16)26-21-14(9-10-17(20)21)12-15-6-5-11-33-15/h3-8,11-12H,9-10,13H2,1-2H3,(H2,25,27,28,29)/b14-12+. The van der Waals surface area contributed by atoms with Gasteiger partial charge in [0.2, 0.25) is 11.9 Å². The molecular formula is C24H22N6O2S. The summed E-state index contributed by atoms with van der Waals surface area (Å²) in [6.45, 7) is -0.101. The van der Waals surface area contributed by atoms with Gasteiger partial charge in [-0.25, -0.2) is 9.78 Å². The van der Waals surface area contributed by atoms with E-state index in [9.17, 15) is 4.79 Å². The normalized spacial score (nSPS) is 13.9. The van der Waals surface area contributed by atoms with Gasteiger partial charge >= 0.3 is 5.97 Å². The van der Waals surface area contributed by atoms with Crippen molar-refractivity contribution < 1.29 is 9.53 Å². The number of benzene rings is 1. The van der Waals surface area contributed by atoms with Crippen molar-refractivity contribution in [2.75, 3.05) is 24.7 Å². The highest BCUT2D eigenvalue weighted by Gasteiger charge is 2.28. The van der Waals surface area contributed by atoms with Crippen molar-refractivity contribution in [2.24, 2.45) is 0 Å². The second kappa shape index (κ2) is 8.59. The number of hydrogen-bond acceptors (Lipinski definition) is 9. The van der Waals surface area contributed by atoms with Crippen molar-refractivity contribution in [3.8, 4) is 0 Å². The first-order valence-electron chi connectivity index (χ1n) is 10.5. The Balaban J connectivity index is 1.51. The van der Waals surface area contributed by atoms with Crippen LogP contribution in [0.2, 0.25) is 0 Å². The van der Waals surface area contributed by atoms with Crippen molar-refractivity contribution in [1.82, 2.24) is 19.9 Å². The average molecular weight is 459 g/mol. The van der Waals surface area contributed by atoms with Crippen LogP contribution in [0, 0.1) is 0 Å². The Morgan fingerprint density at radius 1 is 1.12 bits per heavy atom. The van der Waals surface area contributed by atoms with E-state index in [1.54, 1.807) is 30.3 Å². The lowest BCUT2D eigenvalue weighted by Gasteiger charge is -2.13. The number of ether oxygens (including phenoxy) is 1. The maximum Gasteiger partial charge on any atom is 0.339 e. The van der Waals surface area contributed by atoms with Crippen molar-refractivity contribution in [3.63, 3.8) is 0 Å². The summed E-state index contributed by atoms with van der Waals surface area (Å²) < 4.78 is 5.67. The van der Waals surface area contributed by atoms with Crippen molar-refractivity contribution in [1.29, 1.82) is 0 Å². The Morgan fingerprint density at radius 2 is 1.97 bits per heavy atom. The molecule has 0 bridgehead atoms. The maximum atomic E-state index is 13.3. The summed E-state index contributed by atoms with van der Waals surface area (Å²) in [4.78, 5) is 33.6. The molecule has 0 radical (unpaired) electrons. The second-order valence-corrected chi connectivity index (χ2v) is 8.88. The van der Waals surface area contributed by atoms with Crippen LogP contribution in [0.25, 0.3) is 22.6 Å². The molecule has 0 aliphatic heterocycles. The molecule has 1 aromatic carbocycles. The quantitative estimate of drug-likeness (QED) is 0.448. The van der Waals surface area contributed by atoms with Gasteiger partial charge in [-0.15, -0.1) is 11.3 Å². The van der Waals surface area contributed by atoms with E-state index in [1.165, 1.54) is 4.88 Å². The molecule has 0 saturated heterocycles. The molecule has 166 valence electrons. The van der Waals surface area contributed by atoms with Crippen molar-refractivity contribution >= 4 is 51.8 Å². The van der Waals surface area contributed by atoms with Gasteiger partial charge < -0.3 is 15.4 Å². The fourth-order valence-electron chi connectivity index (χ4n) is 3.95. The lowest BCUT2D eigenvalue weighted by atomic mass is 10.0. The minimum atomic E-state index is -0.424. The molecule has 9 heteroatoms. The van der Waals surface area contributed by atoms with E-state index < -0.39 is 5.97 Å². The first-order chi connectivity index (χ1) is 16.0. The van der Waals surface area contributed by atoms with Gasteiger partial charge in [-0.05, 0) is 47.6 Å². The topological polar surface area (TPSA) is 107 Å². The van der Waals surface area contributed by atoms with Crippen LogP contribution >= 0.6 is 11.3 Å². The minimum Gasteiger partial charge on any atom is -0.454 e. The van der Waals surface area contributed by atoms with Crippen LogP contribution in [0.1, 0.15) is 38.7 Å². The van der Waals surface area contributed by atoms with Gasteiger partial charge in [0.05, 0.1) is 16.8 Å². The fourth-order valence-corrected chi connectivity index (χ4v) is 4.63. The number of esters is 1. The van der Waals surface area contributed by atoms with Crippen molar-refractivity contribution in [2.45, 2.75) is 19.4 Å². The fraction of sp³-hybridized carbons (Fsp3) is 0.208. The molecule has 0 unspecified atom stereocenters. The van der Waals surface area contributed by atoms with E-state index >= 15 is 0 Å². The number of thiophene rings is 1. The van der Waals surface area contributed by atoms with Crippen molar-refractivity contribution in [3.05, 3.63) is 69.3 Å². The molecule has 0 saturated carbocycles. The Kier molecular flexibility index (Phi) is 5.47. The smallest absolute Gasteiger partial charge is 0.339 e. The summed E-state index contributed by atoms with van der Waals surface area (Å²) in [5, 5.41) is 2.83. The zero-order valence-corrected chi connectivity index (χ0v) is 19.1. The molecule has 0 spiro atoms. The number of rotatable bonds is 5. The monoisotopic (exact) mass is 458 g/mol. The van der Waals surface area contributed by atoms with E-state index in [0.717, 1.165) is 40.6 Å². The molecule has 33 heavy (non-hydrogen) atoms. The predicted molar refractivity (Wildman–Crippen MR) is 130 cm³/mol. The molecule has 3 heterocycles. The molecule has 5 rings (SSSR count). The molecule has 0 amide bonds. The Morgan fingerprint density at radius 3 is 2.76 bits per heavy atom. The number of nitrogen functional groups attached to an aromatic ring is 1. The number of carbonyl (C=O) groups is 1. The second-order valence-electron chi connectivity index (χ2n) is 7.90. The van der Waals surface area contributed by atoms with E-state index in [1.807, 2.05) is 30.3 Å². The zero-order chi connectivity index (χ0) is 22.9. The largest absolute Gasteiger partial charge is 0.454 e. The Labute approximate surface area is 194 Å². The first-order valence-corrected chi connectivity index (χ1v) is 11.4. The summed E-state index contributed by atoms with van der Waals surface area (Å²) in [7, 11) is 3.61. The number of carbonyl (C=O) groups excluding carboxylic acids is 1. The lowest BCUT2D eigenvalue weighted by Crippen LogP contribution is -2.17. The first kappa shape index (κ1) is 21.0. The number of nitrogens with zero attached hydrogens (tertiary/aromatic N) is 5. The molecule has 8 nitrogen and oxygen atoms in total. The molecular weight excluding hydrogens is 436 g/mol. The van der Waals surface area contributed by atoms with Gasteiger partial charge in [0.15, 0.2) is 12.4 Å². The molecule has 0 atom stereocenters. The van der Waals surface area contributed by atoms with Gasteiger partial charge in [-0.1, -0.05) is 24.3 Å². The van der Waals surface area contributed by atoms with Gasteiger partial charge in [-0.2, -0.15) is 15.0 Å². The lowest BCUT2D eigenvalue weighted by molar-refractivity contribution is 0.0463. The van der Waals surface area contributed by atoms with Gasteiger partial charge in [-0.3, -0.25) is 0 Å². The summed E-state index contributed by atoms with van der Waals surface area (Å²) in [5.74, 6) is 0.367. The summed E-state index contributed by atoms with van der Waals surface area (Å²) in [5.41, 5.74) is 10.0. The third kappa shape index (κ3) is 4.14. The maximum absolute atomic E-state index is 13.3. The number of anilines is 2. The summed E-state index contributed by atoms with van der Waals surface area (Å²) in [6.07, 6.45) is 3.72. The number of allylic oxidation sites excluding steroid dienone is 1. The predicted octanol–water partition coefficient (Wildman–Crippen LogP) is 3.97. The van der Waals surface area contributed by atoms with Crippen LogP contribution in [0.3, 0.4) is 0 Å². The number of fused-ring (bicyclic) bond motifs is 2. The Hall–Kier alpha value is -3.85. The van der Waals surface area contributed by atoms with E-state index in [4.69, 9.17) is 15.5 Å². The SMILES string of the molecule is CN(C)c1nc(N)nc(COC(=O)c2c3c(nc4ccccc24)/C(=C/c2cccs2)CC3)n1. The molecule has 1 aliphatic rings. The highest BCUT2D eigenvalue weighted by Crippen LogP contribution is 2.38. The third-order valence-electron chi connectivity index (χ3n) is 5.43. The van der Waals surface area contributed by atoms with Gasteiger partial charge in [0, 0.05) is 24.4 Å². The number of nitrogens with two attached hydrogens (primary N) is 1. The highest BCUT2D eigenvalue weighted by molar-refractivity contribution is 7.10. The average Bonchev–Trinajstić information content (AvgIpc) is 3.46. The van der Waals surface area contributed by atoms with Crippen LogP contribution in [-0.2, 0) is 17.8 Å². The zero-order valence-electron chi connectivity index (χ0n) is 18.3. The van der Waals surface area contributed by atoms with Crippen LogP contribution < -0.4 is 10.6 Å². The minimum absolute atomic E-state index is 0.0818. The van der Waals surface area contributed by atoms with Crippen LogP contribution in [0.4, 0.5) is 11.9 Å². The number of para-hydroxylation sites is 1. The molecule has 1 aliphatic carbocycles. The van der Waals surface area contributed by atoms with Crippen LogP contribution in [0.15, 0.2) is 41.8 Å². The molecule has 4 aromatic rings. The van der Waals surface area contributed by atoms with E-state index in [0.29, 0.717) is 17.3 Å². The number of hydrogen-bond donors (Lipinski definition) is 1. The van der Waals surface area contributed by atoms with Gasteiger partial charge in [0.25, 0.3) is 0 Å². The molecule has 0 fully saturated rings. The molecule has 3 aromatic heterocycles. The third-order valence-corrected chi connectivity index (χ3v) is 6.24. The Bertz CT molecular complexity index is 1380. The number of aromatic nitrogens is 4.